The lowest BCUT2D eigenvalue weighted by molar-refractivity contribution is 0.0527. The second-order valence-corrected chi connectivity index (χ2v) is 17.7. The van der Waals surface area contributed by atoms with Crippen LogP contribution < -0.4 is 0 Å². The van der Waals surface area contributed by atoms with Crippen LogP contribution in [-0.4, -0.2) is 99.1 Å². The average Bonchev–Trinajstić information content (AvgIpc) is 3.23. The van der Waals surface area contributed by atoms with Crippen molar-refractivity contribution >= 4 is 12.2 Å². The highest BCUT2D eigenvalue weighted by Crippen LogP contribution is 2.14. The van der Waals surface area contributed by atoms with E-state index in [0.717, 1.165) is 84.0 Å². The Bertz CT molecular complexity index is 854. The molecule has 0 aromatic heterocycles. The van der Waals surface area contributed by atoms with Gasteiger partial charge in [0.15, 0.2) is 0 Å². The first-order chi connectivity index (χ1) is 28.6. The van der Waals surface area contributed by atoms with Gasteiger partial charge in [-0.3, -0.25) is 0 Å². The van der Waals surface area contributed by atoms with Crippen LogP contribution in [0.4, 0.5) is 9.59 Å². The molecule has 344 valence electrons. The lowest BCUT2D eigenvalue weighted by Crippen LogP contribution is -2.33. The predicted molar refractivity (Wildman–Crippen MR) is 247 cm³/mol. The second-order valence-electron chi connectivity index (χ2n) is 17.7. The highest BCUT2D eigenvalue weighted by molar-refractivity contribution is 5.67. The van der Waals surface area contributed by atoms with E-state index in [0.29, 0.717) is 19.8 Å². The van der Waals surface area contributed by atoms with Gasteiger partial charge in [0.2, 0.25) is 0 Å². The molecule has 1 aliphatic rings. The van der Waals surface area contributed by atoms with Crippen LogP contribution in [0.2, 0.25) is 0 Å². The van der Waals surface area contributed by atoms with E-state index in [1.54, 1.807) is 0 Å². The molecule has 0 unspecified atom stereocenters. The number of carbonyl (C=O) groups is 2. The maximum absolute atomic E-state index is 13.0. The van der Waals surface area contributed by atoms with Crippen molar-refractivity contribution in [3.05, 3.63) is 0 Å². The van der Waals surface area contributed by atoms with E-state index >= 15 is 0 Å². The van der Waals surface area contributed by atoms with Crippen LogP contribution in [0.5, 0.6) is 0 Å². The summed E-state index contributed by atoms with van der Waals surface area (Å²) >= 11 is 0. The molecule has 0 radical (unpaired) electrons. The number of likely N-dealkylation sites (tertiary alicyclic amines) is 1. The SMILES string of the molecule is CCCCCCCCCCCOC(=O)OCCCCCN(CCCCCCCOC(=O)N(CCCCCCCC)CCCCCCCC)CCCCN1CCCCC1. The Morgan fingerprint density at radius 1 is 0.397 bits per heavy atom. The zero-order valence-corrected chi connectivity index (χ0v) is 39.2. The first-order valence-electron chi connectivity index (χ1n) is 25.8. The highest BCUT2D eigenvalue weighted by Gasteiger charge is 2.15. The molecule has 1 heterocycles. The molecule has 0 bridgehead atoms. The van der Waals surface area contributed by atoms with Gasteiger partial charge < -0.3 is 28.9 Å². The Hall–Kier alpha value is -1.54. The quantitative estimate of drug-likeness (QED) is 0.0448. The molecular weight excluding hydrogens is 723 g/mol. The molecule has 8 nitrogen and oxygen atoms in total. The minimum atomic E-state index is -0.498. The summed E-state index contributed by atoms with van der Waals surface area (Å²) < 4.78 is 16.5. The van der Waals surface area contributed by atoms with Crippen molar-refractivity contribution < 1.29 is 23.8 Å². The molecule has 1 rings (SSSR count). The number of ether oxygens (including phenoxy) is 3. The molecule has 0 spiro atoms. The van der Waals surface area contributed by atoms with Crippen molar-refractivity contribution in [2.45, 2.75) is 239 Å². The van der Waals surface area contributed by atoms with Crippen molar-refractivity contribution in [2.75, 3.05) is 72.2 Å². The lowest BCUT2D eigenvalue weighted by atomic mass is 10.1. The van der Waals surface area contributed by atoms with E-state index in [1.807, 2.05) is 4.90 Å². The number of hydrogen-bond donors (Lipinski definition) is 0. The van der Waals surface area contributed by atoms with E-state index in [-0.39, 0.29) is 6.09 Å². The van der Waals surface area contributed by atoms with Crippen LogP contribution in [0, 0.1) is 0 Å². The molecule has 1 amide bonds. The fraction of sp³-hybridized carbons (Fsp3) is 0.960. The summed E-state index contributed by atoms with van der Waals surface area (Å²) in [6, 6.07) is 0. The van der Waals surface area contributed by atoms with Crippen molar-refractivity contribution in [2.24, 2.45) is 0 Å². The van der Waals surface area contributed by atoms with Gasteiger partial charge in [0.1, 0.15) is 0 Å². The summed E-state index contributed by atoms with van der Waals surface area (Å²) in [4.78, 5) is 32.4. The Labute approximate surface area is 361 Å². The maximum Gasteiger partial charge on any atom is 0.508 e. The Morgan fingerprint density at radius 2 is 0.741 bits per heavy atom. The fourth-order valence-electron chi connectivity index (χ4n) is 8.25. The van der Waals surface area contributed by atoms with Crippen molar-refractivity contribution in [3.8, 4) is 0 Å². The lowest BCUT2D eigenvalue weighted by Gasteiger charge is -2.27. The van der Waals surface area contributed by atoms with E-state index in [4.69, 9.17) is 14.2 Å². The predicted octanol–water partition coefficient (Wildman–Crippen LogP) is 14.5. The molecule has 0 atom stereocenters. The second kappa shape index (κ2) is 43.5. The first kappa shape index (κ1) is 54.5. The van der Waals surface area contributed by atoms with Crippen molar-refractivity contribution in [1.29, 1.82) is 0 Å². The van der Waals surface area contributed by atoms with Gasteiger partial charge in [0, 0.05) is 13.1 Å². The Balaban J connectivity index is 2.27. The van der Waals surface area contributed by atoms with Crippen LogP contribution in [0.15, 0.2) is 0 Å². The number of hydrogen-bond acceptors (Lipinski definition) is 7. The minimum Gasteiger partial charge on any atom is -0.449 e. The highest BCUT2D eigenvalue weighted by atomic mass is 16.7. The molecule has 8 heteroatoms. The third-order valence-corrected chi connectivity index (χ3v) is 12.1. The number of piperidine rings is 1. The normalized spacial score (nSPS) is 13.3. The molecule has 0 aromatic carbocycles. The van der Waals surface area contributed by atoms with Gasteiger partial charge in [0.25, 0.3) is 0 Å². The Kier molecular flexibility index (Phi) is 40.9. The van der Waals surface area contributed by atoms with E-state index in [9.17, 15) is 9.59 Å². The summed E-state index contributed by atoms with van der Waals surface area (Å²) in [6.45, 7) is 17.2. The summed E-state index contributed by atoms with van der Waals surface area (Å²) in [5.74, 6) is 0. The van der Waals surface area contributed by atoms with Crippen molar-refractivity contribution in [3.63, 3.8) is 0 Å². The van der Waals surface area contributed by atoms with Gasteiger partial charge in [0.05, 0.1) is 19.8 Å². The van der Waals surface area contributed by atoms with Gasteiger partial charge in [-0.05, 0) is 116 Å². The molecular formula is C50H99N3O5. The number of unbranched alkanes of at least 4 members (excludes halogenated alkanes) is 25. The summed E-state index contributed by atoms with van der Waals surface area (Å²) in [5.41, 5.74) is 0. The molecule has 0 aromatic rings. The Morgan fingerprint density at radius 3 is 1.19 bits per heavy atom. The molecule has 1 fully saturated rings. The summed E-state index contributed by atoms with van der Waals surface area (Å²) in [5, 5.41) is 0. The van der Waals surface area contributed by atoms with Gasteiger partial charge in [-0.15, -0.1) is 0 Å². The first-order valence-corrected chi connectivity index (χ1v) is 25.8. The molecule has 0 aliphatic carbocycles. The monoisotopic (exact) mass is 822 g/mol. The largest absolute Gasteiger partial charge is 0.508 e. The average molecular weight is 822 g/mol. The smallest absolute Gasteiger partial charge is 0.449 e. The van der Waals surface area contributed by atoms with Crippen LogP contribution in [0.3, 0.4) is 0 Å². The standard InChI is InChI=1S/C50H99N3O5/c1-4-7-10-13-16-17-18-23-36-47-57-50(55)58-48-37-26-30-41-51(42-33-34-43-52-39-28-25-29-40-52)38-27-20-19-24-35-46-56-49(54)53(44-31-21-14-11-8-5-2)45-32-22-15-12-9-6-3/h4-48H2,1-3H3. The zero-order chi connectivity index (χ0) is 41.8. The van der Waals surface area contributed by atoms with E-state index in [1.165, 1.54) is 187 Å². The minimum absolute atomic E-state index is 0.0890. The van der Waals surface area contributed by atoms with Crippen LogP contribution in [0.1, 0.15) is 239 Å². The molecule has 58 heavy (non-hydrogen) atoms. The number of rotatable bonds is 43. The summed E-state index contributed by atoms with van der Waals surface area (Å²) in [7, 11) is 0. The fourth-order valence-corrected chi connectivity index (χ4v) is 8.25. The zero-order valence-electron chi connectivity index (χ0n) is 39.2. The van der Waals surface area contributed by atoms with E-state index < -0.39 is 6.16 Å². The van der Waals surface area contributed by atoms with Crippen LogP contribution >= 0.6 is 0 Å². The van der Waals surface area contributed by atoms with Gasteiger partial charge >= 0.3 is 12.2 Å². The van der Waals surface area contributed by atoms with Crippen molar-refractivity contribution in [1.82, 2.24) is 14.7 Å². The van der Waals surface area contributed by atoms with E-state index in [2.05, 4.69) is 30.6 Å². The van der Waals surface area contributed by atoms with Crippen LogP contribution in [0.25, 0.3) is 0 Å². The molecule has 0 saturated carbocycles. The van der Waals surface area contributed by atoms with Crippen LogP contribution in [-0.2, 0) is 14.2 Å². The number of amides is 1. The third-order valence-electron chi connectivity index (χ3n) is 12.1. The molecule has 1 aliphatic heterocycles. The third kappa shape index (κ3) is 36.3. The summed E-state index contributed by atoms with van der Waals surface area (Å²) in [6.07, 6.45) is 41.2. The molecule has 1 saturated heterocycles. The van der Waals surface area contributed by atoms with Gasteiger partial charge in [-0.25, -0.2) is 9.59 Å². The van der Waals surface area contributed by atoms with Gasteiger partial charge in [-0.2, -0.15) is 0 Å². The topological polar surface area (TPSA) is 71.5 Å². The number of carbonyl (C=O) groups excluding carboxylic acids is 2. The number of nitrogens with zero attached hydrogens (tertiary/aromatic N) is 3. The maximum atomic E-state index is 13.0. The molecule has 0 N–H and O–H groups in total. The van der Waals surface area contributed by atoms with Gasteiger partial charge in [-0.1, -0.05) is 162 Å².